The molecule has 2 aromatic heterocycles. The van der Waals surface area contributed by atoms with Crippen molar-refractivity contribution in [3.63, 3.8) is 0 Å². The van der Waals surface area contributed by atoms with Crippen molar-refractivity contribution in [2.45, 2.75) is 25.4 Å². The average Bonchev–Trinajstić information content (AvgIpc) is 3.33. The predicted octanol–water partition coefficient (Wildman–Crippen LogP) is 3.89. The van der Waals surface area contributed by atoms with Crippen molar-refractivity contribution in [2.24, 2.45) is 17.8 Å². The van der Waals surface area contributed by atoms with Gasteiger partial charge in [0.05, 0.1) is 16.5 Å². The molecule has 0 radical (unpaired) electrons. The lowest BCUT2D eigenvalue weighted by Crippen LogP contribution is -2.57. The van der Waals surface area contributed by atoms with Crippen LogP contribution in [-0.4, -0.2) is 57.3 Å². The van der Waals surface area contributed by atoms with E-state index in [-0.39, 0.29) is 35.4 Å². The van der Waals surface area contributed by atoms with Crippen molar-refractivity contribution in [1.82, 2.24) is 20.1 Å². The lowest BCUT2D eigenvalue weighted by molar-refractivity contribution is -0.152. The minimum absolute atomic E-state index is 0.0306. The summed E-state index contributed by atoms with van der Waals surface area (Å²) < 4.78 is 13.5. The van der Waals surface area contributed by atoms with Crippen molar-refractivity contribution in [2.75, 3.05) is 31.1 Å². The predicted molar refractivity (Wildman–Crippen MR) is 135 cm³/mol. The molecule has 36 heavy (non-hydrogen) atoms. The van der Waals surface area contributed by atoms with E-state index in [2.05, 4.69) is 20.1 Å². The van der Waals surface area contributed by atoms with E-state index in [0.29, 0.717) is 36.8 Å². The zero-order valence-electron chi connectivity index (χ0n) is 20.3. The highest BCUT2D eigenvalue weighted by atomic mass is 35.5. The number of carbonyl (C=O) groups excluding carboxylic acids is 1. The fourth-order valence-electron chi connectivity index (χ4n) is 5.81. The lowest BCUT2D eigenvalue weighted by atomic mass is 9.70. The van der Waals surface area contributed by atoms with Gasteiger partial charge in [0.1, 0.15) is 5.82 Å². The zero-order chi connectivity index (χ0) is 25.4. The van der Waals surface area contributed by atoms with Crippen molar-refractivity contribution < 1.29 is 14.3 Å². The fourth-order valence-corrected chi connectivity index (χ4v) is 5.92. The van der Waals surface area contributed by atoms with Crippen LogP contribution in [0.25, 0.3) is 0 Å². The van der Waals surface area contributed by atoms with E-state index in [9.17, 15) is 14.3 Å². The molecule has 5 rings (SSSR count). The minimum atomic E-state index is -1.15. The maximum absolute atomic E-state index is 14.0. The molecule has 2 saturated heterocycles. The molecule has 7 nitrogen and oxygen atoms in total. The van der Waals surface area contributed by atoms with Gasteiger partial charge in [-0.15, -0.1) is 5.10 Å². The molecule has 1 amide bonds. The van der Waals surface area contributed by atoms with E-state index in [1.807, 2.05) is 36.9 Å². The standard InChI is InChI=1S/C27H29ClFN5O2/c1-17-13-34(14-18(2)27(17,36)19-5-8-21(29)9-6-19)26(35)23-16-33(25-4-3-11-31-32-25)15-22(23)24-10-7-20(28)12-30-24/h3-12,17-18,22-23,36H,13-16H2,1-2H3/t17-,18+,22-,23-,27+/m1/s1. The van der Waals surface area contributed by atoms with E-state index >= 15 is 0 Å². The molecule has 1 aromatic carbocycles. The smallest absolute Gasteiger partial charge is 0.228 e. The van der Waals surface area contributed by atoms with Gasteiger partial charge in [-0.25, -0.2) is 4.39 Å². The molecule has 0 saturated carbocycles. The second-order valence-corrected chi connectivity index (χ2v) is 10.4. The molecule has 0 aliphatic carbocycles. The third-order valence-electron chi connectivity index (χ3n) is 7.76. The summed E-state index contributed by atoms with van der Waals surface area (Å²) in [6, 6.07) is 13.4. The molecule has 3 aromatic rings. The van der Waals surface area contributed by atoms with Gasteiger partial charge >= 0.3 is 0 Å². The molecule has 0 spiro atoms. The Balaban J connectivity index is 1.40. The van der Waals surface area contributed by atoms with Crippen LogP contribution in [0, 0.1) is 23.6 Å². The van der Waals surface area contributed by atoms with E-state index in [0.717, 1.165) is 11.5 Å². The molecule has 2 aliphatic rings. The van der Waals surface area contributed by atoms with Gasteiger partial charge in [-0.1, -0.05) is 37.6 Å². The van der Waals surface area contributed by atoms with Crippen LogP contribution in [0.5, 0.6) is 0 Å². The summed E-state index contributed by atoms with van der Waals surface area (Å²) in [4.78, 5) is 22.5. The zero-order valence-corrected chi connectivity index (χ0v) is 21.0. The number of rotatable bonds is 4. The summed E-state index contributed by atoms with van der Waals surface area (Å²) in [5, 5.41) is 20.5. The first kappa shape index (κ1) is 24.6. The van der Waals surface area contributed by atoms with Crippen LogP contribution in [0.15, 0.2) is 60.9 Å². The monoisotopic (exact) mass is 509 g/mol. The van der Waals surface area contributed by atoms with Gasteiger partial charge in [-0.2, -0.15) is 5.10 Å². The number of hydrogen-bond donors (Lipinski definition) is 1. The normalized spacial score (nSPS) is 28.4. The Hall–Kier alpha value is -3.10. The SMILES string of the molecule is C[C@@H]1CN(C(=O)[C@@H]2CN(c3cccnn3)C[C@H]2c2ccc(Cl)cn2)C[C@H](C)[C@]1(O)c1ccc(F)cc1. The summed E-state index contributed by atoms with van der Waals surface area (Å²) in [5.74, 6) is -0.537. The number of nitrogens with zero attached hydrogens (tertiary/aromatic N) is 5. The van der Waals surface area contributed by atoms with Gasteiger partial charge in [0.15, 0.2) is 5.82 Å². The molecule has 4 heterocycles. The highest BCUT2D eigenvalue weighted by Crippen LogP contribution is 2.43. The number of pyridine rings is 1. The summed E-state index contributed by atoms with van der Waals surface area (Å²) in [5.41, 5.74) is 0.335. The van der Waals surface area contributed by atoms with Crippen LogP contribution in [0.3, 0.4) is 0 Å². The van der Waals surface area contributed by atoms with Crippen molar-refractivity contribution >= 4 is 23.3 Å². The number of anilines is 1. The second kappa shape index (κ2) is 9.75. The van der Waals surface area contributed by atoms with Crippen LogP contribution in [-0.2, 0) is 10.4 Å². The van der Waals surface area contributed by atoms with Crippen LogP contribution in [0.1, 0.15) is 31.0 Å². The highest BCUT2D eigenvalue weighted by molar-refractivity contribution is 6.30. The number of aliphatic hydroxyl groups is 1. The maximum atomic E-state index is 14.0. The number of piperidine rings is 1. The summed E-state index contributed by atoms with van der Waals surface area (Å²) >= 11 is 6.07. The number of likely N-dealkylation sites (tertiary alicyclic amines) is 1. The van der Waals surface area contributed by atoms with Crippen molar-refractivity contribution in [3.05, 3.63) is 83.0 Å². The molecule has 9 heteroatoms. The second-order valence-electron chi connectivity index (χ2n) is 9.98. The molecule has 0 unspecified atom stereocenters. The fraction of sp³-hybridized carbons (Fsp3) is 0.407. The molecular formula is C27H29ClFN5O2. The van der Waals surface area contributed by atoms with Crippen molar-refractivity contribution in [1.29, 1.82) is 0 Å². The molecule has 2 aliphatic heterocycles. The number of halogens is 2. The third-order valence-corrected chi connectivity index (χ3v) is 7.98. The Morgan fingerprint density at radius 3 is 2.39 bits per heavy atom. The number of benzene rings is 1. The number of hydrogen-bond acceptors (Lipinski definition) is 6. The van der Waals surface area contributed by atoms with Crippen LogP contribution >= 0.6 is 11.6 Å². The minimum Gasteiger partial charge on any atom is -0.384 e. The number of carbonyl (C=O) groups is 1. The number of amides is 1. The topological polar surface area (TPSA) is 82.5 Å². The molecule has 0 bridgehead atoms. The number of aromatic nitrogens is 3. The summed E-state index contributed by atoms with van der Waals surface area (Å²) in [6.07, 6.45) is 3.23. The third kappa shape index (κ3) is 4.44. The first-order valence-electron chi connectivity index (χ1n) is 12.2. The molecule has 1 N–H and O–H groups in total. The van der Waals surface area contributed by atoms with Gasteiger partial charge in [0.2, 0.25) is 5.91 Å². The quantitative estimate of drug-likeness (QED) is 0.574. The van der Waals surface area contributed by atoms with Crippen LogP contribution in [0.4, 0.5) is 10.2 Å². The Bertz CT molecular complexity index is 1200. The Morgan fingerprint density at radius 2 is 1.78 bits per heavy atom. The Morgan fingerprint density at radius 1 is 1.06 bits per heavy atom. The molecule has 2 fully saturated rings. The Labute approximate surface area is 214 Å². The molecule has 5 atom stereocenters. The highest BCUT2D eigenvalue weighted by Gasteiger charge is 2.49. The summed E-state index contributed by atoms with van der Waals surface area (Å²) in [6.45, 7) is 5.77. The molecule has 188 valence electrons. The van der Waals surface area contributed by atoms with Crippen molar-refractivity contribution in [3.8, 4) is 0 Å². The maximum Gasteiger partial charge on any atom is 0.228 e. The van der Waals surface area contributed by atoms with Gasteiger partial charge in [0.25, 0.3) is 0 Å². The van der Waals surface area contributed by atoms with Crippen LogP contribution < -0.4 is 4.90 Å². The first-order valence-corrected chi connectivity index (χ1v) is 12.6. The van der Waals surface area contributed by atoms with E-state index in [1.165, 1.54) is 12.1 Å². The summed E-state index contributed by atoms with van der Waals surface area (Å²) in [7, 11) is 0. The molecular weight excluding hydrogens is 481 g/mol. The van der Waals surface area contributed by atoms with Gasteiger partial charge < -0.3 is 14.9 Å². The van der Waals surface area contributed by atoms with Gasteiger partial charge in [0, 0.05) is 62.0 Å². The largest absolute Gasteiger partial charge is 0.384 e. The van der Waals surface area contributed by atoms with E-state index in [1.54, 1.807) is 30.6 Å². The first-order chi connectivity index (χ1) is 17.3. The van der Waals surface area contributed by atoms with E-state index < -0.39 is 5.60 Å². The van der Waals surface area contributed by atoms with E-state index in [4.69, 9.17) is 11.6 Å². The van der Waals surface area contributed by atoms with Crippen LogP contribution in [0.2, 0.25) is 5.02 Å². The van der Waals surface area contributed by atoms with Gasteiger partial charge in [-0.05, 0) is 42.0 Å². The lowest BCUT2D eigenvalue weighted by Gasteiger charge is -2.48. The van der Waals surface area contributed by atoms with Gasteiger partial charge in [-0.3, -0.25) is 9.78 Å². The average molecular weight is 510 g/mol. The Kier molecular flexibility index (Phi) is 6.66.